The second-order valence-electron chi connectivity index (χ2n) is 9.64. The van der Waals surface area contributed by atoms with Gasteiger partial charge in [-0.15, -0.1) is 0 Å². The smallest absolute Gasteiger partial charge is 0.253 e. The first-order chi connectivity index (χ1) is 17.9. The number of aryl methyl sites for hydroxylation is 1. The highest BCUT2D eigenvalue weighted by molar-refractivity contribution is 7.90. The van der Waals surface area contributed by atoms with Gasteiger partial charge in [-0.2, -0.15) is 0 Å². The van der Waals surface area contributed by atoms with Crippen LogP contribution in [0.25, 0.3) is 10.9 Å². The van der Waals surface area contributed by atoms with E-state index in [0.717, 1.165) is 37.0 Å². The largest absolute Gasteiger partial charge is 0.337 e. The van der Waals surface area contributed by atoms with Crippen molar-refractivity contribution in [2.24, 2.45) is 0 Å². The van der Waals surface area contributed by atoms with Crippen LogP contribution in [0.5, 0.6) is 0 Å². The van der Waals surface area contributed by atoms with Gasteiger partial charge in [0.05, 0.1) is 16.2 Å². The number of hydrogen-bond donors (Lipinski definition) is 0. The average molecular weight is 514 g/mol. The minimum Gasteiger partial charge on any atom is -0.337 e. The van der Waals surface area contributed by atoms with Crippen molar-refractivity contribution in [3.63, 3.8) is 0 Å². The van der Waals surface area contributed by atoms with Crippen LogP contribution in [-0.4, -0.2) is 55.3 Å². The summed E-state index contributed by atoms with van der Waals surface area (Å²) in [6.45, 7) is 5.93. The molecule has 1 saturated heterocycles. The van der Waals surface area contributed by atoms with Gasteiger partial charge in [0.2, 0.25) is 0 Å². The molecule has 0 spiro atoms. The normalized spacial score (nSPS) is 15.0. The third kappa shape index (κ3) is 5.73. The first-order valence-corrected chi connectivity index (χ1v) is 14.3. The van der Waals surface area contributed by atoms with Crippen molar-refractivity contribution in [1.82, 2.24) is 14.8 Å². The highest BCUT2D eigenvalue weighted by atomic mass is 32.2. The van der Waals surface area contributed by atoms with Crippen molar-refractivity contribution < 1.29 is 13.2 Å². The zero-order chi connectivity index (χ0) is 25.8. The first-order valence-electron chi connectivity index (χ1n) is 12.6. The number of fused-ring (bicyclic) bond motifs is 1. The standard InChI is InChI=1S/C30H31N3O3S/c1-23-20-26(30(34)33-17-7-16-32(18-19-33)21-24-8-3-2-4-9-24)13-14-27(23)22-37(35,36)28-12-5-10-25-11-6-15-31-29(25)28/h2-6,8-15,20H,7,16-19,21-22H2,1H3. The Labute approximate surface area is 218 Å². The lowest BCUT2D eigenvalue weighted by Gasteiger charge is -2.22. The van der Waals surface area contributed by atoms with E-state index in [9.17, 15) is 13.2 Å². The van der Waals surface area contributed by atoms with E-state index in [1.54, 1.807) is 36.5 Å². The fraction of sp³-hybridized carbons (Fsp3) is 0.267. The van der Waals surface area contributed by atoms with E-state index in [1.165, 1.54) is 5.56 Å². The molecule has 5 rings (SSSR count). The van der Waals surface area contributed by atoms with Gasteiger partial charge < -0.3 is 4.90 Å². The van der Waals surface area contributed by atoms with Crippen LogP contribution in [0.15, 0.2) is 90.0 Å². The maximum atomic E-state index is 13.3. The van der Waals surface area contributed by atoms with Crippen molar-refractivity contribution in [3.8, 4) is 0 Å². The Morgan fingerprint density at radius 2 is 1.70 bits per heavy atom. The molecule has 2 heterocycles. The van der Waals surface area contributed by atoms with Crippen LogP contribution in [0, 0.1) is 6.92 Å². The minimum atomic E-state index is -3.62. The number of benzene rings is 3. The summed E-state index contributed by atoms with van der Waals surface area (Å²) >= 11 is 0. The van der Waals surface area contributed by atoms with Gasteiger partial charge in [0, 0.05) is 49.9 Å². The van der Waals surface area contributed by atoms with Crippen LogP contribution in [0.4, 0.5) is 0 Å². The second-order valence-corrected chi connectivity index (χ2v) is 11.6. The molecule has 1 amide bonds. The topological polar surface area (TPSA) is 70.6 Å². The highest BCUT2D eigenvalue weighted by Crippen LogP contribution is 2.26. The summed E-state index contributed by atoms with van der Waals surface area (Å²) in [7, 11) is -3.62. The third-order valence-corrected chi connectivity index (χ3v) is 8.68. The van der Waals surface area contributed by atoms with Crippen LogP contribution in [0.3, 0.4) is 0 Å². The minimum absolute atomic E-state index is 0.00248. The molecule has 7 heteroatoms. The third-order valence-electron chi connectivity index (χ3n) is 6.99. The predicted octanol–water partition coefficient (Wildman–Crippen LogP) is 4.87. The molecule has 37 heavy (non-hydrogen) atoms. The Hall–Kier alpha value is -3.55. The Morgan fingerprint density at radius 3 is 2.51 bits per heavy atom. The van der Waals surface area contributed by atoms with E-state index in [2.05, 4.69) is 34.1 Å². The van der Waals surface area contributed by atoms with Gasteiger partial charge in [0.25, 0.3) is 5.91 Å². The van der Waals surface area contributed by atoms with E-state index in [1.807, 2.05) is 36.1 Å². The molecule has 0 N–H and O–H groups in total. The van der Waals surface area contributed by atoms with Gasteiger partial charge in [-0.1, -0.05) is 54.6 Å². The number of hydrogen-bond acceptors (Lipinski definition) is 5. The van der Waals surface area contributed by atoms with Crippen molar-refractivity contribution >= 4 is 26.6 Å². The summed E-state index contributed by atoms with van der Waals surface area (Å²) in [6.07, 6.45) is 2.53. The van der Waals surface area contributed by atoms with Gasteiger partial charge in [0.15, 0.2) is 9.84 Å². The fourth-order valence-corrected chi connectivity index (χ4v) is 6.60. The molecule has 3 aromatic carbocycles. The molecular weight excluding hydrogens is 482 g/mol. The summed E-state index contributed by atoms with van der Waals surface area (Å²) in [5.41, 5.74) is 3.85. The van der Waals surface area contributed by atoms with Gasteiger partial charge >= 0.3 is 0 Å². The lowest BCUT2D eigenvalue weighted by Crippen LogP contribution is -2.35. The fourth-order valence-electron chi connectivity index (χ4n) is 4.96. The predicted molar refractivity (Wildman–Crippen MR) is 146 cm³/mol. The molecule has 1 aromatic heterocycles. The quantitative estimate of drug-likeness (QED) is 0.368. The van der Waals surface area contributed by atoms with Crippen molar-refractivity contribution in [2.45, 2.75) is 30.5 Å². The SMILES string of the molecule is Cc1cc(C(=O)N2CCCN(Cc3ccccc3)CC2)ccc1CS(=O)(=O)c1cccc2cccnc12. The monoisotopic (exact) mass is 513 g/mol. The number of amides is 1. The number of carbonyl (C=O) groups is 1. The number of sulfone groups is 1. The number of aromatic nitrogens is 1. The van der Waals surface area contributed by atoms with E-state index < -0.39 is 9.84 Å². The molecule has 190 valence electrons. The van der Waals surface area contributed by atoms with Gasteiger partial charge in [0.1, 0.15) is 0 Å². The maximum Gasteiger partial charge on any atom is 0.253 e. The number of nitrogens with zero attached hydrogens (tertiary/aromatic N) is 3. The lowest BCUT2D eigenvalue weighted by molar-refractivity contribution is 0.0761. The number of rotatable bonds is 6. The van der Waals surface area contributed by atoms with E-state index in [0.29, 0.717) is 29.7 Å². The number of para-hydroxylation sites is 1. The summed E-state index contributed by atoms with van der Waals surface area (Å²) in [5, 5.41) is 0.793. The molecule has 0 unspecified atom stereocenters. The molecular formula is C30H31N3O3S. The van der Waals surface area contributed by atoms with E-state index in [4.69, 9.17) is 0 Å². The molecule has 0 radical (unpaired) electrons. The van der Waals surface area contributed by atoms with Crippen molar-refractivity contribution in [2.75, 3.05) is 26.2 Å². The van der Waals surface area contributed by atoms with E-state index >= 15 is 0 Å². The second kappa shape index (κ2) is 10.8. The average Bonchev–Trinajstić information content (AvgIpc) is 3.15. The zero-order valence-corrected chi connectivity index (χ0v) is 21.8. The molecule has 1 fully saturated rings. The Morgan fingerprint density at radius 1 is 0.892 bits per heavy atom. The first kappa shape index (κ1) is 25.1. The van der Waals surface area contributed by atoms with Crippen molar-refractivity contribution in [3.05, 3.63) is 107 Å². The Balaban J connectivity index is 1.28. The summed E-state index contributed by atoms with van der Waals surface area (Å²) in [4.78, 5) is 22.2. The Bertz CT molecular complexity index is 1510. The van der Waals surface area contributed by atoms with Crippen LogP contribution < -0.4 is 0 Å². The molecule has 1 aliphatic rings. The van der Waals surface area contributed by atoms with Crippen LogP contribution in [0.2, 0.25) is 0 Å². The molecule has 1 aliphatic heterocycles. The lowest BCUT2D eigenvalue weighted by atomic mass is 10.1. The Kier molecular flexibility index (Phi) is 7.35. The summed E-state index contributed by atoms with van der Waals surface area (Å²) < 4.78 is 26.6. The van der Waals surface area contributed by atoms with Crippen LogP contribution in [0.1, 0.15) is 33.5 Å². The molecule has 0 saturated carbocycles. The summed E-state index contributed by atoms with van der Waals surface area (Å²) in [5.74, 6) is -0.140. The summed E-state index contributed by atoms with van der Waals surface area (Å²) in [6, 6.07) is 24.6. The van der Waals surface area contributed by atoms with Gasteiger partial charge in [-0.3, -0.25) is 14.7 Å². The van der Waals surface area contributed by atoms with Gasteiger partial charge in [-0.05, 0) is 54.3 Å². The highest BCUT2D eigenvalue weighted by Gasteiger charge is 2.23. The van der Waals surface area contributed by atoms with Gasteiger partial charge in [-0.25, -0.2) is 8.42 Å². The zero-order valence-electron chi connectivity index (χ0n) is 21.0. The van der Waals surface area contributed by atoms with Crippen LogP contribution in [-0.2, 0) is 22.1 Å². The molecule has 6 nitrogen and oxygen atoms in total. The molecule has 0 atom stereocenters. The molecule has 0 aliphatic carbocycles. The number of carbonyl (C=O) groups excluding carboxylic acids is 1. The number of pyridine rings is 1. The van der Waals surface area contributed by atoms with Crippen LogP contribution >= 0.6 is 0 Å². The van der Waals surface area contributed by atoms with Crippen molar-refractivity contribution in [1.29, 1.82) is 0 Å². The maximum absolute atomic E-state index is 13.3. The molecule has 0 bridgehead atoms. The molecule has 4 aromatic rings. The van der Waals surface area contributed by atoms with E-state index in [-0.39, 0.29) is 16.6 Å².